The van der Waals surface area contributed by atoms with Crippen LogP contribution in [0.5, 0.6) is 0 Å². The van der Waals surface area contributed by atoms with Gasteiger partial charge in [-0.3, -0.25) is 9.69 Å². The molecule has 3 nitrogen and oxygen atoms in total. The normalized spacial score (nSPS) is 26.3. The molecule has 0 aromatic rings. The van der Waals surface area contributed by atoms with Crippen molar-refractivity contribution in [1.29, 1.82) is 0 Å². The van der Waals surface area contributed by atoms with Gasteiger partial charge < -0.3 is 5.11 Å². The van der Waals surface area contributed by atoms with E-state index in [4.69, 9.17) is 0 Å². The Bertz CT molecular complexity index is 242. The zero-order chi connectivity index (χ0) is 11.5. The third-order valence-corrected chi connectivity index (χ3v) is 4.31. The average Bonchev–Trinajstić information content (AvgIpc) is 2.23. The van der Waals surface area contributed by atoms with Crippen molar-refractivity contribution in [1.82, 2.24) is 4.90 Å². The fourth-order valence-electron chi connectivity index (χ4n) is 3.20. The van der Waals surface area contributed by atoms with Crippen LogP contribution < -0.4 is 0 Å². The third kappa shape index (κ3) is 2.40. The summed E-state index contributed by atoms with van der Waals surface area (Å²) in [6, 6.07) is -0.192. The summed E-state index contributed by atoms with van der Waals surface area (Å²) in [5.41, 5.74) is 0. The quantitative estimate of drug-likeness (QED) is 0.798. The van der Waals surface area contributed by atoms with Crippen LogP contribution in [-0.4, -0.2) is 35.1 Å². The van der Waals surface area contributed by atoms with Crippen LogP contribution in [0.3, 0.4) is 0 Å². The third-order valence-electron chi connectivity index (χ3n) is 4.31. The van der Waals surface area contributed by atoms with E-state index in [1.807, 2.05) is 0 Å². The molecule has 0 aromatic heterocycles. The first-order valence-electron chi connectivity index (χ1n) is 6.69. The van der Waals surface area contributed by atoms with E-state index in [9.17, 15) is 9.90 Å². The predicted molar refractivity (Wildman–Crippen MR) is 63.4 cm³/mol. The number of nitrogens with zero attached hydrogens (tertiary/aromatic N) is 1. The molecule has 0 spiro atoms. The zero-order valence-electron chi connectivity index (χ0n) is 10.2. The van der Waals surface area contributed by atoms with Crippen LogP contribution in [0, 0.1) is 11.8 Å². The highest BCUT2D eigenvalue weighted by Gasteiger charge is 2.39. The summed E-state index contributed by atoms with van der Waals surface area (Å²) in [4.78, 5) is 13.6. The van der Waals surface area contributed by atoms with Gasteiger partial charge in [0.05, 0.1) is 0 Å². The SMILES string of the molecule is CCC1CN(C(C(=O)O)C2CCCCC2)C1. The van der Waals surface area contributed by atoms with Crippen LogP contribution in [0.15, 0.2) is 0 Å². The van der Waals surface area contributed by atoms with Crippen molar-refractivity contribution in [3.63, 3.8) is 0 Å². The summed E-state index contributed by atoms with van der Waals surface area (Å²) in [5, 5.41) is 9.38. The molecule has 92 valence electrons. The zero-order valence-corrected chi connectivity index (χ0v) is 10.2. The van der Waals surface area contributed by atoms with Gasteiger partial charge in [-0.2, -0.15) is 0 Å². The Morgan fingerprint density at radius 2 is 1.94 bits per heavy atom. The Labute approximate surface area is 97.8 Å². The number of hydrogen-bond acceptors (Lipinski definition) is 2. The monoisotopic (exact) mass is 225 g/mol. The number of carboxylic acid groups (broad SMARTS) is 1. The fourth-order valence-corrected chi connectivity index (χ4v) is 3.20. The van der Waals surface area contributed by atoms with E-state index >= 15 is 0 Å². The van der Waals surface area contributed by atoms with Crippen molar-refractivity contribution in [3.8, 4) is 0 Å². The molecule has 3 heteroatoms. The first kappa shape index (κ1) is 11.9. The van der Waals surface area contributed by atoms with E-state index in [2.05, 4.69) is 11.8 Å². The highest BCUT2D eigenvalue weighted by atomic mass is 16.4. The van der Waals surface area contributed by atoms with Gasteiger partial charge in [-0.05, 0) is 24.7 Å². The number of carboxylic acids is 1. The van der Waals surface area contributed by atoms with E-state index in [1.165, 1.54) is 25.7 Å². The lowest BCUT2D eigenvalue weighted by Gasteiger charge is -2.45. The molecule has 2 aliphatic rings. The Kier molecular flexibility index (Phi) is 3.85. The van der Waals surface area contributed by atoms with Gasteiger partial charge in [0.1, 0.15) is 6.04 Å². The average molecular weight is 225 g/mol. The maximum absolute atomic E-state index is 11.4. The maximum Gasteiger partial charge on any atom is 0.321 e. The molecule has 0 amide bonds. The molecular weight excluding hydrogens is 202 g/mol. The standard InChI is InChI=1S/C13H23NO2/c1-2-10-8-14(9-10)12(13(15)16)11-6-4-3-5-7-11/h10-12H,2-9H2,1H3,(H,15,16). The molecule has 1 heterocycles. The van der Waals surface area contributed by atoms with E-state index in [-0.39, 0.29) is 6.04 Å². The van der Waals surface area contributed by atoms with E-state index in [0.29, 0.717) is 5.92 Å². The first-order chi connectivity index (χ1) is 7.72. The van der Waals surface area contributed by atoms with Gasteiger partial charge in [0.15, 0.2) is 0 Å². The van der Waals surface area contributed by atoms with Gasteiger partial charge in [-0.25, -0.2) is 0 Å². The van der Waals surface area contributed by atoms with E-state index in [0.717, 1.165) is 31.8 Å². The van der Waals surface area contributed by atoms with Crippen molar-refractivity contribution in [2.45, 2.75) is 51.5 Å². The summed E-state index contributed by atoms with van der Waals surface area (Å²) < 4.78 is 0. The van der Waals surface area contributed by atoms with Gasteiger partial charge >= 0.3 is 5.97 Å². The summed E-state index contributed by atoms with van der Waals surface area (Å²) in [5.74, 6) is 0.552. The van der Waals surface area contributed by atoms with Gasteiger partial charge in [-0.15, -0.1) is 0 Å². The van der Waals surface area contributed by atoms with Crippen LogP contribution in [0.25, 0.3) is 0 Å². The second kappa shape index (κ2) is 5.17. The van der Waals surface area contributed by atoms with Gasteiger partial charge in [0.25, 0.3) is 0 Å². The van der Waals surface area contributed by atoms with Crippen LogP contribution >= 0.6 is 0 Å². The van der Waals surface area contributed by atoms with E-state index in [1.54, 1.807) is 0 Å². The van der Waals surface area contributed by atoms with E-state index < -0.39 is 5.97 Å². The second-order valence-corrected chi connectivity index (χ2v) is 5.41. The Balaban J connectivity index is 1.92. The predicted octanol–water partition coefficient (Wildman–Crippen LogP) is 2.36. The lowest BCUT2D eigenvalue weighted by molar-refractivity contribution is -0.150. The minimum absolute atomic E-state index is 0.192. The highest BCUT2D eigenvalue weighted by molar-refractivity contribution is 5.74. The molecule has 0 radical (unpaired) electrons. The number of carbonyl (C=O) groups is 1. The maximum atomic E-state index is 11.4. The van der Waals surface area contributed by atoms with Crippen LogP contribution in [0.4, 0.5) is 0 Å². The molecular formula is C13H23NO2. The number of aliphatic carboxylic acids is 1. The van der Waals surface area contributed by atoms with Crippen LogP contribution in [0.1, 0.15) is 45.4 Å². The second-order valence-electron chi connectivity index (χ2n) is 5.41. The van der Waals surface area contributed by atoms with Crippen molar-refractivity contribution in [2.24, 2.45) is 11.8 Å². The molecule has 1 aliphatic carbocycles. The molecule has 0 bridgehead atoms. The molecule has 0 aromatic carbocycles. The number of rotatable bonds is 4. The minimum atomic E-state index is -0.596. The molecule has 1 aliphatic heterocycles. The first-order valence-corrected chi connectivity index (χ1v) is 6.69. The number of hydrogen-bond donors (Lipinski definition) is 1. The Hall–Kier alpha value is -0.570. The summed E-state index contributed by atoms with van der Waals surface area (Å²) in [6.07, 6.45) is 7.15. The highest BCUT2D eigenvalue weighted by Crippen LogP contribution is 2.33. The molecule has 1 N–H and O–H groups in total. The molecule has 2 fully saturated rings. The number of likely N-dealkylation sites (tertiary alicyclic amines) is 1. The largest absolute Gasteiger partial charge is 0.480 e. The molecule has 2 rings (SSSR count). The lowest BCUT2D eigenvalue weighted by atomic mass is 9.81. The minimum Gasteiger partial charge on any atom is -0.480 e. The Morgan fingerprint density at radius 1 is 1.31 bits per heavy atom. The topological polar surface area (TPSA) is 40.5 Å². The molecule has 1 saturated heterocycles. The summed E-state index contributed by atoms with van der Waals surface area (Å²) in [6.45, 7) is 4.20. The molecule has 1 saturated carbocycles. The van der Waals surface area contributed by atoms with Crippen LogP contribution in [-0.2, 0) is 4.79 Å². The van der Waals surface area contributed by atoms with Crippen molar-refractivity contribution >= 4 is 5.97 Å². The van der Waals surface area contributed by atoms with Crippen molar-refractivity contribution < 1.29 is 9.90 Å². The summed E-state index contributed by atoms with van der Waals surface area (Å²) in [7, 11) is 0. The van der Waals surface area contributed by atoms with Gasteiger partial charge in [-0.1, -0.05) is 32.6 Å². The Morgan fingerprint density at radius 3 is 2.44 bits per heavy atom. The molecule has 16 heavy (non-hydrogen) atoms. The van der Waals surface area contributed by atoms with Gasteiger partial charge in [0, 0.05) is 13.1 Å². The molecule has 1 unspecified atom stereocenters. The fraction of sp³-hybridized carbons (Fsp3) is 0.923. The van der Waals surface area contributed by atoms with Crippen LogP contribution in [0.2, 0.25) is 0 Å². The molecule has 1 atom stereocenters. The van der Waals surface area contributed by atoms with Crippen molar-refractivity contribution in [3.05, 3.63) is 0 Å². The van der Waals surface area contributed by atoms with Gasteiger partial charge in [0.2, 0.25) is 0 Å². The van der Waals surface area contributed by atoms with Crippen molar-refractivity contribution in [2.75, 3.05) is 13.1 Å². The summed E-state index contributed by atoms with van der Waals surface area (Å²) >= 11 is 0. The smallest absolute Gasteiger partial charge is 0.321 e. The lowest BCUT2D eigenvalue weighted by Crippen LogP contribution is -2.57.